The fourth-order valence-corrected chi connectivity index (χ4v) is 4.93. The van der Waals surface area contributed by atoms with E-state index in [-0.39, 0.29) is 21.7 Å². The lowest BCUT2D eigenvalue weighted by atomic mass is 10.2. The molecule has 1 aliphatic heterocycles. The number of ether oxygens (including phenoxy) is 1. The zero-order chi connectivity index (χ0) is 21.1. The molecule has 158 valence electrons. The van der Waals surface area contributed by atoms with Crippen molar-refractivity contribution in [2.24, 2.45) is 0 Å². The van der Waals surface area contributed by atoms with Gasteiger partial charge in [-0.1, -0.05) is 25.0 Å². The Hall–Kier alpha value is -2.87. The first kappa shape index (κ1) is 20.4. The number of hydrogen-bond acceptors (Lipinski definition) is 6. The fourth-order valence-electron chi connectivity index (χ4n) is 3.61. The van der Waals surface area contributed by atoms with Crippen LogP contribution < -0.4 is 9.64 Å². The van der Waals surface area contributed by atoms with Crippen molar-refractivity contribution in [1.29, 1.82) is 0 Å². The molecule has 8 heteroatoms. The molecule has 1 fully saturated rings. The molecule has 6 nitrogen and oxygen atoms in total. The monoisotopic (exact) mass is 430 g/mol. The number of halogens is 1. The van der Waals surface area contributed by atoms with E-state index in [4.69, 9.17) is 9.15 Å². The van der Waals surface area contributed by atoms with E-state index in [1.807, 2.05) is 17.0 Å². The summed E-state index contributed by atoms with van der Waals surface area (Å²) in [6.45, 7) is 1.37. The number of para-hydroxylation sites is 1. The van der Waals surface area contributed by atoms with Crippen LogP contribution in [-0.2, 0) is 9.84 Å². The fraction of sp³-hybridized carbons (Fsp3) is 0.318. The van der Waals surface area contributed by atoms with E-state index >= 15 is 0 Å². The minimum atomic E-state index is -4.01. The van der Waals surface area contributed by atoms with Crippen LogP contribution in [0.5, 0.6) is 5.75 Å². The lowest BCUT2D eigenvalue weighted by Crippen LogP contribution is -2.25. The Morgan fingerprint density at radius 2 is 1.67 bits per heavy atom. The number of anilines is 1. The van der Waals surface area contributed by atoms with Gasteiger partial charge in [0.15, 0.2) is 0 Å². The molecule has 0 N–H and O–H groups in total. The van der Waals surface area contributed by atoms with Gasteiger partial charge in [-0.05, 0) is 49.2 Å². The molecule has 1 aliphatic rings. The first-order chi connectivity index (χ1) is 14.5. The molecule has 0 aliphatic carbocycles. The third-order valence-corrected chi connectivity index (χ3v) is 6.86. The Morgan fingerprint density at radius 3 is 2.33 bits per heavy atom. The molecule has 4 rings (SSSR count). The summed E-state index contributed by atoms with van der Waals surface area (Å²) in [4.78, 5) is 6.31. The minimum Gasteiger partial charge on any atom is -0.496 e. The Labute approximate surface area is 175 Å². The highest BCUT2D eigenvalue weighted by Gasteiger charge is 2.32. The Balaban J connectivity index is 1.87. The molecule has 0 atom stereocenters. The summed E-state index contributed by atoms with van der Waals surface area (Å²) in [5, 5.41) is -0.156. The second kappa shape index (κ2) is 8.47. The first-order valence-electron chi connectivity index (χ1n) is 9.90. The molecule has 0 radical (unpaired) electrons. The number of benzene rings is 2. The Bertz CT molecular complexity index is 1120. The molecule has 2 aromatic carbocycles. The predicted molar refractivity (Wildman–Crippen MR) is 111 cm³/mol. The van der Waals surface area contributed by atoms with Crippen LogP contribution in [0, 0.1) is 5.82 Å². The van der Waals surface area contributed by atoms with Gasteiger partial charge in [-0.3, -0.25) is 0 Å². The van der Waals surface area contributed by atoms with E-state index in [9.17, 15) is 12.8 Å². The van der Waals surface area contributed by atoms with Crippen molar-refractivity contribution in [1.82, 2.24) is 4.98 Å². The first-order valence-corrected chi connectivity index (χ1v) is 11.4. The summed E-state index contributed by atoms with van der Waals surface area (Å²) in [5.41, 5.74) is 0.566. The van der Waals surface area contributed by atoms with Crippen molar-refractivity contribution in [3.63, 3.8) is 0 Å². The second-order valence-electron chi connectivity index (χ2n) is 7.19. The standard InChI is InChI=1S/C22H23FN2O4S/c1-28-19-9-5-4-8-18(19)20-24-21(22(29-20)25-14-6-2-3-7-15-25)30(26,27)17-12-10-16(23)11-13-17/h4-5,8-13H,2-3,6-7,14-15H2,1H3. The van der Waals surface area contributed by atoms with Crippen molar-refractivity contribution in [2.45, 2.75) is 35.6 Å². The van der Waals surface area contributed by atoms with Gasteiger partial charge in [0.2, 0.25) is 26.6 Å². The van der Waals surface area contributed by atoms with Gasteiger partial charge in [0, 0.05) is 13.1 Å². The predicted octanol–water partition coefficient (Wildman–Crippen LogP) is 4.70. The summed E-state index contributed by atoms with van der Waals surface area (Å²) in [5.74, 6) is 0.429. The topological polar surface area (TPSA) is 72.6 Å². The Kier molecular flexibility index (Phi) is 5.76. The number of oxazole rings is 1. The average molecular weight is 431 g/mol. The summed E-state index contributed by atoms with van der Waals surface area (Å²) in [6, 6.07) is 11.9. The molecule has 0 saturated carbocycles. The molecule has 0 unspecified atom stereocenters. The van der Waals surface area contributed by atoms with Gasteiger partial charge in [0.25, 0.3) is 0 Å². The van der Waals surface area contributed by atoms with Crippen LogP contribution in [0.4, 0.5) is 10.3 Å². The molecule has 1 saturated heterocycles. The third kappa shape index (κ3) is 3.92. The van der Waals surface area contributed by atoms with E-state index in [1.54, 1.807) is 12.1 Å². The quantitative estimate of drug-likeness (QED) is 0.546. The minimum absolute atomic E-state index is 0.0279. The molecule has 0 spiro atoms. The van der Waals surface area contributed by atoms with Gasteiger partial charge >= 0.3 is 0 Å². The van der Waals surface area contributed by atoms with Gasteiger partial charge < -0.3 is 14.1 Å². The third-order valence-electron chi connectivity index (χ3n) is 5.19. The van der Waals surface area contributed by atoms with Crippen LogP contribution in [0.25, 0.3) is 11.5 Å². The number of nitrogens with zero attached hydrogens (tertiary/aromatic N) is 2. The van der Waals surface area contributed by atoms with Crippen LogP contribution in [0.1, 0.15) is 25.7 Å². The van der Waals surface area contributed by atoms with Crippen LogP contribution >= 0.6 is 0 Å². The highest BCUT2D eigenvalue weighted by molar-refractivity contribution is 7.91. The number of methoxy groups -OCH3 is 1. The van der Waals surface area contributed by atoms with Crippen molar-refractivity contribution >= 4 is 15.7 Å². The zero-order valence-corrected chi connectivity index (χ0v) is 17.5. The molecule has 0 bridgehead atoms. The molecule has 30 heavy (non-hydrogen) atoms. The zero-order valence-electron chi connectivity index (χ0n) is 16.7. The molecule has 0 amide bonds. The summed E-state index contributed by atoms with van der Waals surface area (Å²) in [7, 11) is -2.47. The normalized spacial score (nSPS) is 15.1. The van der Waals surface area contributed by atoms with Crippen LogP contribution in [0.2, 0.25) is 0 Å². The van der Waals surface area contributed by atoms with E-state index in [2.05, 4.69) is 4.98 Å². The van der Waals surface area contributed by atoms with Gasteiger partial charge in [-0.25, -0.2) is 12.8 Å². The van der Waals surface area contributed by atoms with Crippen molar-refractivity contribution in [3.8, 4) is 17.2 Å². The van der Waals surface area contributed by atoms with Gasteiger partial charge in [0.05, 0.1) is 17.6 Å². The smallest absolute Gasteiger partial charge is 0.236 e. The van der Waals surface area contributed by atoms with E-state index in [0.717, 1.165) is 37.8 Å². The van der Waals surface area contributed by atoms with Crippen LogP contribution in [0.3, 0.4) is 0 Å². The van der Waals surface area contributed by atoms with Crippen molar-refractivity contribution in [2.75, 3.05) is 25.1 Å². The largest absolute Gasteiger partial charge is 0.496 e. The highest BCUT2D eigenvalue weighted by Crippen LogP contribution is 2.38. The van der Waals surface area contributed by atoms with Gasteiger partial charge in [-0.15, -0.1) is 0 Å². The summed E-state index contributed by atoms with van der Waals surface area (Å²) in [6.07, 6.45) is 4.07. The molecular weight excluding hydrogens is 407 g/mol. The lowest BCUT2D eigenvalue weighted by molar-refractivity contribution is 0.414. The maximum atomic E-state index is 13.4. The average Bonchev–Trinajstić information content (AvgIpc) is 3.03. The second-order valence-corrected chi connectivity index (χ2v) is 9.05. The number of aromatic nitrogens is 1. The molecule has 2 heterocycles. The Morgan fingerprint density at radius 1 is 1.00 bits per heavy atom. The van der Waals surface area contributed by atoms with Crippen molar-refractivity contribution < 1.29 is 22.0 Å². The van der Waals surface area contributed by atoms with Crippen LogP contribution in [-0.4, -0.2) is 33.6 Å². The van der Waals surface area contributed by atoms with E-state index < -0.39 is 15.7 Å². The maximum Gasteiger partial charge on any atom is 0.236 e. The maximum absolute atomic E-state index is 13.4. The SMILES string of the molecule is COc1ccccc1-c1nc(S(=O)(=O)c2ccc(F)cc2)c(N2CCCCCC2)o1. The van der Waals surface area contributed by atoms with Crippen LogP contribution in [0.15, 0.2) is 62.9 Å². The van der Waals surface area contributed by atoms with Crippen molar-refractivity contribution in [3.05, 3.63) is 54.3 Å². The van der Waals surface area contributed by atoms with E-state index in [0.29, 0.717) is 24.4 Å². The molecule has 3 aromatic rings. The van der Waals surface area contributed by atoms with Gasteiger partial charge in [0.1, 0.15) is 11.6 Å². The highest BCUT2D eigenvalue weighted by atomic mass is 32.2. The number of sulfone groups is 1. The molecule has 1 aromatic heterocycles. The van der Waals surface area contributed by atoms with Gasteiger partial charge in [-0.2, -0.15) is 4.98 Å². The molecular formula is C22H23FN2O4S. The van der Waals surface area contributed by atoms with E-state index in [1.165, 1.54) is 19.2 Å². The number of rotatable bonds is 5. The summed E-state index contributed by atoms with van der Waals surface area (Å²) >= 11 is 0. The number of hydrogen-bond donors (Lipinski definition) is 0. The lowest BCUT2D eigenvalue weighted by Gasteiger charge is -2.20. The summed E-state index contributed by atoms with van der Waals surface area (Å²) < 4.78 is 51.6.